The molecule has 1 amide bonds. The molecule has 6 heteroatoms. The van der Waals surface area contributed by atoms with Crippen LogP contribution in [0.3, 0.4) is 0 Å². The van der Waals surface area contributed by atoms with Crippen LogP contribution in [0.25, 0.3) is 5.69 Å². The van der Waals surface area contributed by atoms with Crippen LogP contribution in [0.1, 0.15) is 40.6 Å². The molecule has 2 aromatic rings. The number of benzene rings is 1. The molecule has 1 atom stereocenters. The van der Waals surface area contributed by atoms with E-state index < -0.39 is 5.91 Å². The summed E-state index contributed by atoms with van der Waals surface area (Å²) in [7, 11) is 0. The minimum absolute atomic E-state index is 0.165. The summed E-state index contributed by atoms with van der Waals surface area (Å²) >= 11 is 3.45. The summed E-state index contributed by atoms with van der Waals surface area (Å²) in [6.45, 7) is 0. The smallest absolute Gasteiger partial charge is 0.269 e. The number of nitrogens with two attached hydrogens (primary N) is 2. The number of halogens is 1. The van der Waals surface area contributed by atoms with Gasteiger partial charge in [-0.15, -0.1) is 0 Å². The van der Waals surface area contributed by atoms with Crippen LogP contribution in [-0.2, 0) is 6.42 Å². The zero-order chi connectivity index (χ0) is 14.3. The van der Waals surface area contributed by atoms with Gasteiger partial charge in [0.25, 0.3) is 5.91 Å². The molecule has 0 unspecified atom stereocenters. The molecular weight excluding hydrogens is 320 g/mol. The number of aromatic nitrogens is 2. The van der Waals surface area contributed by atoms with Crippen molar-refractivity contribution >= 4 is 21.8 Å². The van der Waals surface area contributed by atoms with Crippen LogP contribution >= 0.6 is 15.9 Å². The highest BCUT2D eigenvalue weighted by atomic mass is 79.9. The molecule has 0 radical (unpaired) electrons. The molecule has 1 aliphatic rings. The van der Waals surface area contributed by atoms with E-state index in [1.165, 1.54) is 0 Å². The van der Waals surface area contributed by atoms with Crippen molar-refractivity contribution in [2.75, 3.05) is 0 Å². The average Bonchev–Trinajstić information content (AvgIpc) is 2.80. The Morgan fingerprint density at radius 3 is 2.95 bits per heavy atom. The van der Waals surface area contributed by atoms with Crippen LogP contribution in [0.5, 0.6) is 0 Å². The molecule has 4 N–H and O–H groups in total. The number of carbonyl (C=O) groups is 1. The van der Waals surface area contributed by atoms with E-state index in [4.69, 9.17) is 11.5 Å². The summed E-state index contributed by atoms with van der Waals surface area (Å²) in [5.41, 5.74) is 14.6. The second-order valence-corrected chi connectivity index (χ2v) is 5.88. The van der Waals surface area contributed by atoms with Gasteiger partial charge in [-0.2, -0.15) is 5.10 Å². The SMILES string of the molecule is NC(=O)c1nn(-c2cccc(Br)c2)c2c1[C@@H](N)CCC2. The Hall–Kier alpha value is -1.66. The number of primary amides is 1. The van der Waals surface area contributed by atoms with Gasteiger partial charge in [-0.25, -0.2) is 4.68 Å². The second-order valence-electron chi connectivity index (χ2n) is 4.96. The van der Waals surface area contributed by atoms with E-state index in [0.717, 1.165) is 40.7 Å². The molecule has 0 bridgehead atoms. The normalized spacial score (nSPS) is 17.8. The Kier molecular flexibility index (Phi) is 3.35. The van der Waals surface area contributed by atoms with Crippen molar-refractivity contribution in [1.29, 1.82) is 0 Å². The van der Waals surface area contributed by atoms with Crippen LogP contribution in [-0.4, -0.2) is 15.7 Å². The lowest BCUT2D eigenvalue weighted by Gasteiger charge is -2.20. The number of nitrogens with zero attached hydrogens (tertiary/aromatic N) is 2. The summed E-state index contributed by atoms with van der Waals surface area (Å²) in [6, 6.07) is 7.61. The topological polar surface area (TPSA) is 86.9 Å². The van der Waals surface area contributed by atoms with E-state index >= 15 is 0 Å². The molecule has 0 saturated carbocycles. The highest BCUT2D eigenvalue weighted by molar-refractivity contribution is 9.10. The largest absolute Gasteiger partial charge is 0.364 e. The molecule has 5 nitrogen and oxygen atoms in total. The summed E-state index contributed by atoms with van der Waals surface area (Å²) in [5.74, 6) is -0.521. The minimum Gasteiger partial charge on any atom is -0.364 e. The van der Waals surface area contributed by atoms with Gasteiger partial charge in [0.2, 0.25) is 0 Å². The lowest BCUT2D eigenvalue weighted by atomic mass is 9.91. The van der Waals surface area contributed by atoms with Gasteiger partial charge in [-0.1, -0.05) is 22.0 Å². The third-order valence-corrected chi connectivity index (χ3v) is 4.10. The average molecular weight is 335 g/mol. The van der Waals surface area contributed by atoms with Gasteiger partial charge in [-0.3, -0.25) is 4.79 Å². The standard InChI is InChI=1S/C14H15BrN4O/c15-8-3-1-4-9(7-8)19-11-6-2-5-10(16)12(11)13(18-19)14(17)20/h1,3-4,7,10H,2,5-6,16H2,(H2,17,20)/t10-/m0/s1. The first-order valence-electron chi connectivity index (χ1n) is 6.51. The van der Waals surface area contributed by atoms with Gasteiger partial charge in [0.1, 0.15) is 0 Å². The van der Waals surface area contributed by atoms with Crippen LogP contribution in [0.15, 0.2) is 28.7 Å². The van der Waals surface area contributed by atoms with E-state index in [1.54, 1.807) is 4.68 Å². The number of fused-ring (bicyclic) bond motifs is 1. The third kappa shape index (κ3) is 2.14. The summed E-state index contributed by atoms with van der Waals surface area (Å²) in [4.78, 5) is 11.6. The van der Waals surface area contributed by atoms with Gasteiger partial charge >= 0.3 is 0 Å². The molecule has 1 aromatic carbocycles. The van der Waals surface area contributed by atoms with Crippen molar-refractivity contribution < 1.29 is 4.79 Å². The zero-order valence-electron chi connectivity index (χ0n) is 10.8. The number of hydrogen-bond acceptors (Lipinski definition) is 3. The van der Waals surface area contributed by atoms with Crippen molar-refractivity contribution in [2.24, 2.45) is 11.5 Å². The highest BCUT2D eigenvalue weighted by Gasteiger charge is 2.29. The Morgan fingerprint density at radius 2 is 2.25 bits per heavy atom. The molecular formula is C14H15BrN4O. The summed E-state index contributed by atoms with van der Waals surface area (Å²) in [5, 5.41) is 4.39. The quantitative estimate of drug-likeness (QED) is 0.881. The molecule has 0 saturated heterocycles. The van der Waals surface area contributed by atoms with E-state index in [2.05, 4.69) is 21.0 Å². The van der Waals surface area contributed by atoms with Crippen molar-refractivity contribution in [3.8, 4) is 5.69 Å². The monoisotopic (exact) mass is 334 g/mol. The van der Waals surface area contributed by atoms with Gasteiger partial charge in [0, 0.05) is 21.8 Å². The Morgan fingerprint density at radius 1 is 1.45 bits per heavy atom. The molecule has 0 aliphatic heterocycles. The van der Waals surface area contributed by atoms with E-state index in [-0.39, 0.29) is 6.04 Å². The van der Waals surface area contributed by atoms with Crippen molar-refractivity contribution in [1.82, 2.24) is 9.78 Å². The first-order valence-corrected chi connectivity index (χ1v) is 7.30. The molecule has 0 fully saturated rings. The highest BCUT2D eigenvalue weighted by Crippen LogP contribution is 2.32. The summed E-state index contributed by atoms with van der Waals surface area (Å²) in [6.07, 6.45) is 2.71. The Bertz CT molecular complexity index is 680. The lowest BCUT2D eigenvalue weighted by Crippen LogP contribution is -2.22. The molecule has 1 aromatic heterocycles. The fourth-order valence-corrected chi connectivity index (χ4v) is 3.12. The zero-order valence-corrected chi connectivity index (χ0v) is 12.4. The van der Waals surface area contributed by atoms with Crippen LogP contribution in [0.2, 0.25) is 0 Å². The number of carbonyl (C=O) groups excluding carboxylic acids is 1. The molecule has 1 aliphatic carbocycles. The minimum atomic E-state index is -0.521. The van der Waals surface area contributed by atoms with Crippen LogP contribution in [0, 0.1) is 0 Å². The van der Waals surface area contributed by atoms with Crippen molar-refractivity contribution in [3.63, 3.8) is 0 Å². The first kappa shape index (κ1) is 13.3. The molecule has 3 rings (SSSR count). The van der Waals surface area contributed by atoms with Crippen molar-refractivity contribution in [3.05, 3.63) is 45.7 Å². The van der Waals surface area contributed by atoms with Crippen LogP contribution < -0.4 is 11.5 Å². The van der Waals surface area contributed by atoms with Crippen LogP contribution in [0.4, 0.5) is 0 Å². The fourth-order valence-electron chi connectivity index (χ4n) is 2.73. The number of hydrogen-bond donors (Lipinski definition) is 2. The molecule has 1 heterocycles. The molecule has 20 heavy (non-hydrogen) atoms. The predicted molar refractivity (Wildman–Crippen MR) is 79.6 cm³/mol. The van der Waals surface area contributed by atoms with E-state index in [0.29, 0.717) is 5.69 Å². The number of amides is 1. The van der Waals surface area contributed by atoms with Gasteiger partial charge < -0.3 is 11.5 Å². The first-order chi connectivity index (χ1) is 9.58. The van der Waals surface area contributed by atoms with Gasteiger partial charge in [-0.05, 0) is 37.5 Å². The molecule has 0 spiro atoms. The summed E-state index contributed by atoms with van der Waals surface area (Å²) < 4.78 is 2.75. The maximum atomic E-state index is 11.6. The predicted octanol–water partition coefficient (Wildman–Crippen LogP) is 2.07. The third-order valence-electron chi connectivity index (χ3n) is 3.61. The second kappa shape index (κ2) is 5.03. The maximum Gasteiger partial charge on any atom is 0.269 e. The maximum absolute atomic E-state index is 11.6. The molecule has 104 valence electrons. The van der Waals surface area contributed by atoms with Gasteiger partial charge in [0.05, 0.1) is 5.69 Å². The Balaban J connectivity index is 2.22. The van der Waals surface area contributed by atoms with E-state index in [9.17, 15) is 4.79 Å². The lowest BCUT2D eigenvalue weighted by molar-refractivity contribution is 0.0993. The number of rotatable bonds is 2. The van der Waals surface area contributed by atoms with E-state index in [1.807, 2.05) is 24.3 Å². The van der Waals surface area contributed by atoms with Gasteiger partial charge in [0.15, 0.2) is 5.69 Å². The Labute approximate surface area is 125 Å². The van der Waals surface area contributed by atoms with Crippen molar-refractivity contribution in [2.45, 2.75) is 25.3 Å². The fraction of sp³-hybridized carbons (Fsp3) is 0.286.